The van der Waals surface area contributed by atoms with Gasteiger partial charge in [-0.25, -0.2) is 13.6 Å². The van der Waals surface area contributed by atoms with Gasteiger partial charge in [-0.1, -0.05) is 43.0 Å². The molecule has 0 unspecified atom stereocenters. The predicted octanol–water partition coefficient (Wildman–Crippen LogP) is 2.54. The van der Waals surface area contributed by atoms with Crippen LogP contribution in [-0.4, -0.2) is 23.4 Å². The molecule has 0 radical (unpaired) electrons. The van der Waals surface area contributed by atoms with Crippen molar-refractivity contribution < 1.29 is 21.0 Å². The minimum absolute atomic E-state index is 0.0141. The lowest BCUT2D eigenvalue weighted by Gasteiger charge is -2.10. The normalized spacial score (nSPS) is 12.6. The first-order valence-corrected chi connectivity index (χ1v) is 9.72. The summed E-state index contributed by atoms with van der Waals surface area (Å²) < 4.78 is 51.6. The van der Waals surface area contributed by atoms with Crippen molar-refractivity contribution in [3.05, 3.63) is 22.2 Å². The first kappa shape index (κ1) is 18.7. The van der Waals surface area contributed by atoms with Crippen LogP contribution in [0.25, 0.3) is 0 Å². The molecule has 0 spiro atoms. The average molecular weight is 376 g/mol. The molecule has 0 bridgehead atoms. The Morgan fingerprint density at radius 3 is 2.14 bits per heavy atom. The zero-order valence-corrected chi connectivity index (χ0v) is 14.3. The van der Waals surface area contributed by atoms with Crippen molar-refractivity contribution in [2.45, 2.75) is 36.0 Å². The van der Waals surface area contributed by atoms with Gasteiger partial charge in [0.25, 0.3) is 10.1 Å². The summed E-state index contributed by atoms with van der Waals surface area (Å²) in [6, 6.07) is 1.81. The Hall–Kier alpha value is -0.380. The van der Waals surface area contributed by atoms with E-state index in [0.29, 0.717) is 6.42 Å². The lowest BCUT2D eigenvalue weighted by atomic mass is 10.3. The second-order valence-corrected chi connectivity index (χ2v) is 8.17. The molecule has 1 aromatic carbocycles. The molecule has 0 saturated carbocycles. The summed E-state index contributed by atoms with van der Waals surface area (Å²) in [5, 5.41) is 4.48. The van der Waals surface area contributed by atoms with Crippen LogP contribution in [0.2, 0.25) is 10.0 Å². The molecule has 0 aliphatic rings. The number of nitrogens with two attached hydrogens (primary N) is 1. The molecular formula is C11H15Cl2NO5S2. The largest absolute Gasteiger partial charge is 0.298 e. The lowest BCUT2D eigenvalue weighted by molar-refractivity contribution is 0.308. The molecular weight excluding hydrogens is 361 g/mol. The molecule has 0 saturated heterocycles. The van der Waals surface area contributed by atoms with Crippen molar-refractivity contribution in [3.63, 3.8) is 0 Å². The Morgan fingerprint density at radius 2 is 1.62 bits per heavy atom. The zero-order valence-electron chi connectivity index (χ0n) is 11.2. The van der Waals surface area contributed by atoms with Gasteiger partial charge in [0, 0.05) is 0 Å². The molecule has 120 valence electrons. The van der Waals surface area contributed by atoms with Crippen LogP contribution in [0.1, 0.15) is 26.2 Å². The summed E-state index contributed by atoms with van der Waals surface area (Å²) in [4.78, 5) is -1.00. The number of unbranched alkanes of at least 4 members (excludes halogenated alkanes) is 2. The molecule has 0 aromatic heterocycles. The molecule has 6 nitrogen and oxygen atoms in total. The minimum Gasteiger partial charge on any atom is -0.266 e. The summed E-state index contributed by atoms with van der Waals surface area (Å²) in [7, 11) is -8.35. The van der Waals surface area contributed by atoms with Gasteiger partial charge in [-0.05, 0) is 18.6 Å². The van der Waals surface area contributed by atoms with E-state index in [4.69, 9.17) is 32.5 Å². The van der Waals surface area contributed by atoms with Crippen molar-refractivity contribution in [1.82, 2.24) is 0 Å². The highest BCUT2D eigenvalue weighted by molar-refractivity contribution is 7.89. The first-order valence-electron chi connectivity index (χ1n) is 6.01. The third kappa shape index (κ3) is 5.08. The van der Waals surface area contributed by atoms with Gasteiger partial charge in [-0.2, -0.15) is 8.42 Å². The third-order valence-corrected chi connectivity index (χ3v) is 5.70. The Labute approximate surface area is 134 Å². The van der Waals surface area contributed by atoms with Crippen molar-refractivity contribution in [3.8, 4) is 0 Å². The number of sulfonamides is 1. The van der Waals surface area contributed by atoms with E-state index in [0.717, 1.165) is 25.0 Å². The second-order valence-electron chi connectivity index (χ2n) is 4.24. The molecule has 0 heterocycles. The molecule has 0 amide bonds. The molecule has 0 aliphatic carbocycles. The minimum atomic E-state index is -4.18. The highest BCUT2D eigenvalue weighted by atomic mass is 35.5. The van der Waals surface area contributed by atoms with Crippen molar-refractivity contribution in [1.29, 1.82) is 0 Å². The van der Waals surface area contributed by atoms with Gasteiger partial charge in [0.15, 0.2) is 0 Å². The topological polar surface area (TPSA) is 104 Å². The van der Waals surface area contributed by atoms with Crippen LogP contribution in [0.3, 0.4) is 0 Å². The molecule has 0 fully saturated rings. The van der Waals surface area contributed by atoms with E-state index in [2.05, 4.69) is 0 Å². The van der Waals surface area contributed by atoms with Crippen LogP contribution in [0.4, 0.5) is 0 Å². The van der Waals surface area contributed by atoms with Crippen LogP contribution >= 0.6 is 23.2 Å². The monoisotopic (exact) mass is 375 g/mol. The standard InChI is InChI=1S/C11H15Cl2NO5S2/c1-2-3-4-5-19-21(17,18)11-7-10(20(14,15)16)8(12)6-9(11)13/h6-7H,2-5H2,1H3,(H2,14,15,16). The van der Waals surface area contributed by atoms with E-state index in [1.54, 1.807) is 0 Å². The van der Waals surface area contributed by atoms with Crippen LogP contribution in [-0.2, 0) is 24.3 Å². The van der Waals surface area contributed by atoms with Crippen molar-refractivity contribution in [2.75, 3.05) is 6.61 Å². The van der Waals surface area contributed by atoms with Gasteiger partial charge >= 0.3 is 0 Å². The average Bonchev–Trinajstić information content (AvgIpc) is 2.32. The quantitative estimate of drug-likeness (QED) is 0.582. The Morgan fingerprint density at radius 1 is 1.05 bits per heavy atom. The van der Waals surface area contributed by atoms with Crippen molar-refractivity contribution >= 4 is 43.3 Å². The van der Waals surface area contributed by atoms with Gasteiger partial charge in [-0.3, -0.25) is 4.18 Å². The van der Waals surface area contributed by atoms with Gasteiger partial charge in [0.1, 0.15) is 9.79 Å². The lowest BCUT2D eigenvalue weighted by Crippen LogP contribution is -2.15. The van der Waals surface area contributed by atoms with Crippen LogP contribution in [0.5, 0.6) is 0 Å². The summed E-state index contributed by atoms with van der Waals surface area (Å²) >= 11 is 11.5. The summed E-state index contributed by atoms with van der Waals surface area (Å²) in [5.74, 6) is 0. The van der Waals surface area contributed by atoms with Crippen LogP contribution < -0.4 is 5.14 Å². The molecule has 0 aliphatic heterocycles. The van der Waals surface area contributed by atoms with Crippen LogP contribution in [0.15, 0.2) is 21.9 Å². The van der Waals surface area contributed by atoms with E-state index in [1.165, 1.54) is 0 Å². The molecule has 10 heteroatoms. The first-order chi connectivity index (χ1) is 9.59. The highest BCUT2D eigenvalue weighted by Gasteiger charge is 2.24. The maximum Gasteiger partial charge on any atom is 0.298 e. The Bertz CT molecular complexity index is 716. The summed E-state index contributed by atoms with van der Waals surface area (Å²) in [5.41, 5.74) is 0. The van der Waals surface area contributed by atoms with E-state index in [-0.39, 0.29) is 16.7 Å². The van der Waals surface area contributed by atoms with E-state index in [1.807, 2.05) is 6.92 Å². The fourth-order valence-corrected chi connectivity index (χ4v) is 4.21. The number of halogens is 2. The van der Waals surface area contributed by atoms with E-state index >= 15 is 0 Å². The second kappa shape index (κ2) is 7.26. The summed E-state index contributed by atoms with van der Waals surface area (Å²) in [6.45, 7) is 1.95. The van der Waals surface area contributed by atoms with Gasteiger partial charge < -0.3 is 0 Å². The fourth-order valence-electron chi connectivity index (χ4n) is 1.50. The number of benzene rings is 1. The van der Waals surface area contributed by atoms with Gasteiger partial charge in [0.2, 0.25) is 10.0 Å². The maximum absolute atomic E-state index is 12.0. The zero-order chi connectivity index (χ0) is 16.3. The number of hydrogen-bond acceptors (Lipinski definition) is 5. The third-order valence-electron chi connectivity index (χ3n) is 2.55. The fraction of sp³-hybridized carbons (Fsp3) is 0.455. The SMILES string of the molecule is CCCCCOS(=O)(=O)c1cc(S(N)(=O)=O)c(Cl)cc1Cl. The van der Waals surface area contributed by atoms with Gasteiger partial charge in [-0.15, -0.1) is 0 Å². The van der Waals surface area contributed by atoms with E-state index < -0.39 is 29.9 Å². The number of rotatable bonds is 7. The summed E-state index contributed by atoms with van der Waals surface area (Å²) in [6.07, 6.45) is 2.27. The molecule has 21 heavy (non-hydrogen) atoms. The molecule has 1 rings (SSSR count). The molecule has 0 atom stereocenters. The predicted molar refractivity (Wildman–Crippen MR) is 80.5 cm³/mol. The Kier molecular flexibility index (Phi) is 6.45. The maximum atomic E-state index is 12.0. The van der Waals surface area contributed by atoms with E-state index in [9.17, 15) is 16.8 Å². The van der Waals surface area contributed by atoms with Gasteiger partial charge in [0.05, 0.1) is 16.7 Å². The molecule has 1 aromatic rings. The number of hydrogen-bond donors (Lipinski definition) is 1. The molecule has 2 N–H and O–H groups in total. The van der Waals surface area contributed by atoms with Crippen molar-refractivity contribution in [2.24, 2.45) is 5.14 Å². The van der Waals surface area contributed by atoms with Crippen LogP contribution in [0, 0.1) is 0 Å². The highest BCUT2D eigenvalue weighted by Crippen LogP contribution is 2.31. The number of primary sulfonamides is 1. The Balaban J connectivity index is 3.18. The smallest absolute Gasteiger partial charge is 0.266 e.